The summed E-state index contributed by atoms with van der Waals surface area (Å²) in [6.07, 6.45) is 0.998. The van der Waals surface area contributed by atoms with Crippen molar-refractivity contribution in [2.24, 2.45) is 0 Å². The van der Waals surface area contributed by atoms with Crippen molar-refractivity contribution in [1.82, 2.24) is 15.0 Å². The number of aromatic nitrogens is 3. The fraction of sp³-hybridized carbons (Fsp3) is 0.357. The highest BCUT2D eigenvalue weighted by atomic mass is 35.5. The highest BCUT2D eigenvalue weighted by Crippen LogP contribution is 2.13. The zero-order valence-electron chi connectivity index (χ0n) is 11.7. The lowest BCUT2D eigenvalue weighted by Crippen LogP contribution is -2.09. The number of nitrogens with one attached hydrogen (secondary N) is 2. The molecule has 1 heterocycles. The third-order valence-corrected chi connectivity index (χ3v) is 3.05. The zero-order valence-corrected chi connectivity index (χ0v) is 12.4. The van der Waals surface area contributed by atoms with Gasteiger partial charge in [0.05, 0.1) is 0 Å². The van der Waals surface area contributed by atoms with Crippen LogP contribution >= 0.6 is 11.6 Å². The first-order valence-corrected chi connectivity index (χ1v) is 7.06. The lowest BCUT2D eigenvalue weighted by atomic mass is 10.1. The fourth-order valence-electron chi connectivity index (χ4n) is 1.92. The second-order valence-electron chi connectivity index (χ2n) is 4.26. The summed E-state index contributed by atoms with van der Waals surface area (Å²) >= 11 is 5.88. The van der Waals surface area contributed by atoms with Crippen LogP contribution in [0.3, 0.4) is 0 Å². The summed E-state index contributed by atoms with van der Waals surface area (Å²) < 4.78 is 0. The second kappa shape index (κ2) is 7.05. The maximum Gasteiger partial charge on any atom is 0.229 e. The van der Waals surface area contributed by atoms with Crippen molar-refractivity contribution in [3.05, 3.63) is 40.7 Å². The van der Waals surface area contributed by atoms with Crippen LogP contribution in [0.15, 0.2) is 24.3 Å². The molecule has 20 heavy (non-hydrogen) atoms. The first-order chi connectivity index (χ1) is 9.72. The van der Waals surface area contributed by atoms with E-state index in [9.17, 15) is 0 Å². The van der Waals surface area contributed by atoms with E-state index in [0.29, 0.717) is 18.4 Å². The summed E-state index contributed by atoms with van der Waals surface area (Å²) in [5.41, 5.74) is 2.54. The molecule has 0 unspecified atom stereocenters. The van der Waals surface area contributed by atoms with Gasteiger partial charge >= 0.3 is 0 Å². The molecule has 0 atom stereocenters. The van der Waals surface area contributed by atoms with Crippen molar-refractivity contribution >= 4 is 23.5 Å². The van der Waals surface area contributed by atoms with Crippen LogP contribution in [-0.4, -0.2) is 21.5 Å². The molecule has 0 radical (unpaired) electrons. The van der Waals surface area contributed by atoms with Gasteiger partial charge in [0.25, 0.3) is 0 Å². The number of hydrogen-bond donors (Lipinski definition) is 2. The Morgan fingerprint density at radius 2 is 1.60 bits per heavy atom. The number of nitrogens with zero attached hydrogens (tertiary/aromatic N) is 3. The third-order valence-electron chi connectivity index (χ3n) is 2.88. The summed E-state index contributed by atoms with van der Waals surface area (Å²) in [4.78, 5) is 12.3. The molecule has 1 aromatic heterocycles. The number of aryl methyl sites for hydroxylation is 1. The normalized spacial score (nSPS) is 10.3. The molecule has 0 bridgehead atoms. The van der Waals surface area contributed by atoms with Gasteiger partial charge in [-0.1, -0.05) is 31.2 Å². The third kappa shape index (κ3) is 3.81. The number of benzene rings is 1. The van der Waals surface area contributed by atoms with Crippen LogP contribution in [0.2, 0.25) is 5.28 Å². The first-order valence-electron chi connectivity index (χ1n) is 6.69. The number of rotatable bonds is 6. The van der Waals surface area contributed by atoms with E-state index < -0.39 is 0 Å². The molecule has 0 amide bonds. The van der Waals surface area contributed by atoms with Gasteiger partial charge in [0.15, 0.2) is 0 Å². The van der Waals surface area contributed by atoms with Gasteiger partial charge in [-0.15, -0.1) is 0 Å². The molecule has 2 N–H and O–H groups in total. The van der Waals surface area contributed by atoms with E-state index >= 15 is 0 Å². The fourth-order valence-corrected chi connectivity index (χ4v) is 2.08. The lowest BCUT2D eigenvalue weighted by Gasteiger charge is -2.10. The maximum atomic E-state index is 5.88. The van der Waals surface area contributed by atoms with Crippen molar-refractivity contribution in [2.45, 2.75) is 26.8 Å². The van der Waals surface area contributed by atoms with Crippen LogP contribution in [-0.2, 0) is 13.0 Å². The number of halogens is 1. The van der Waals surface area contributed by atoms with Gasteiger partial charge in [0.2, 0.25) is 17.2 Å². The Kier molecular flexibility index (Phi) is 5.12. The summed E-state index contributed by atoms with van der Waals surface area (Å²) in [5.74, 6) is 0.964. The SMILES string of the molecule is CCNc1nc(Cl)nc(NCc2ccccc2CC)n1. The molecule has 0 aliphatic rings. The maximum absolute atomic E-state index is 5.88. The van der Waals surface area contributed by atoms with E-state index in [2.05, 4.69) is 44.6 Å². The molecule has 0 saturated carbocycles. The van der Waals surface area contributed by atoms with E-state index in [4.69, 9.17) is 11.6 Å². The minimum Gasteiger partial charge on any atom is -0.354 e. The van der Waals surface area contributed by atoms with Gasteiger partial charge in [-0.25, -0.2) is 0 Å². The van der Waals surface area contributed by atoms with Crippen molar-refractivity contribution < 1.29 is 0 Å². The van der Waals surface area contributed by atoms with Crippen LogP contribution in [0.25, 0.3) is 0 Å². The lowest BCUT2D eigenvalue weighted by molar-refractivity contribution is 0.974. The van der Waals surface area contributed by atoms with Gasteiger partial charge in [0, 0.05) is 13.1 Å². The van der Waals surface area contributed by atoms with E-state index in [1.165, 1.54) is 11.1 Å². The van der Waals surface area contributed by atoms with Crippen molar-refractivity contribution in [2.75, 3.05) is 17.2 Å². The molecule has 6 heteroatoms. The van der Waals surface area contributed by atoms with E-state index in [1.54, 1.807) is 0 Å². The zero-order chi connectivity index (χ0) is 14.4. The topological polar surface area (TPSA) is 62.7 Å². The van der Waals surface area contributed by atoms with Gasteiger partial charge in [0.1, 0.15) is 0 Å². The highest BCUT2D eigenvalue weighted by molar-refractivity contribution is 6.28. The van der Waals surface area contributed by atoms with E-state index in [1.807, 2.05) is 19.1 Å². The van der Waals surface area contributed by atoms with Gasteiger partial charge in [-0.2, -0.15) is 15.0 Å². The highest BCUT2D eigenvalue weighted by Gasteiger charge is 2.05. The monoisotopic (exact) mass is 291 g/mol. The summed E-state index contributed by atoms with van der Waals surface area (Å²) in [5, 5.41) is 6.39. The van der Waals surface area contributed by atoms with Crippen LogP contribution in [0, 0.1) is 0 Å². The van der Waals surface area contributed by atoms with Crippen LogP contribution in [0.5, 0.6) is 0 Å². The average molecular weight is 292 g/mol. The largest absolute Gasteiger partial charge is 0.354 e. The summed E-state index contributed by atoms with van der Waals surface area (Å²) in [6.45, 7) is 5.51. The Hall–Kier alpha value is -1.88. The molecule has 0 saturated heterocycles. The number of hydrogen-bond acceptors (Lipinski definition) is 5. The van der Waals surface area contributed by atoms with E-state index in [0.717, 1.165) is 13.0 Å². The molecule has 5 nitrogen and oxygen atoms in total. The summed E-state index contributed by atoms with van der Waals surface area (Å²) in [7, 11) is 0. The standard InChI is InChI=1S/C14H18ClN5/c1-3-10-7-5-6-8-11(10)9-17-14-19-12(15)18-13(20-14)16-4-2/h5-8H,3-4,9H2,1-2H3,(H2,16,17,18,19,20). The van der Waals surface area contributed by atoms with Crippen LogP contribution in [0.4, 0.5) is 11.9 Å². The predicted octanol–water partition coefficient (Wildman–Crippen LogP) is 3.13. The van der Waals surface area contributed by atoms with Gasteiger partial charge in [-0.05, 0) is 36.1 Å². The molecule has 0 aliphatic carbocycles. The molecule has 0 aliphatic heterocycles. The van der Waals surface area contributed by atoms with Crippen molar-refractivity contribution in [3.8, 4) is 0 Å². The first kappa shape index (κ1) is 14.5. The predicted molar refractivity (Wildman–Crippen MR) is 82.1 cm³/mol. The number of anilines is 2. The molecular formula is C14H18ClN5. The van der Waals surface area contributed by atoms with Crippen molar-refractivity contribution in [1.29, 1.82) is 0 Å². The van der Waals surface area contributed by atoms with Gasteiger partial charge < -0.3 is 10.6 Å². The molecule has 2 rings (SSSR count). The molecule has 2 aromatic rings. The van der Waals surface area contributed by atoms with Gasteiger partial charge in [-0.3, -0.25) is 0 Å². The Morgan fingerprint density at radius 1 is 0.950 bits per heavy atom. The Labute approximate surface area is 123 Å². The van der Waals surface area contributed by atoms with Crippen molar-refractivity contribution in [3.63, 3.8) is 0 Å². The Bertz CT molecular complexity index is 573. The quantitative estimate of drug-likeness (QED) is 0.856. The molecule has 1 aromatic carbocycles. The minimum absolute atomic E-state index is 0.183. The summed E-state index contributed by atoms with van der Waals surface area (Å²) in [6, 6.07) is 8.30. The van der Waals surface area contributed by atoms with E-state index in [-0.39, 0.29) is 5.28 Å². The van der Waals surface area contributed by atoms with Crippen LogP contribution in [0.1, 0.15) is 25.0 Å². The average Bonchev–Trinajstić information content (AvgIpc) is 2.45. The molecular weight excluding hydrogens is 274 g/mol. The van der Waals surface area contributed by atoms with Crippen LogP contribution < -0.4 is 10.6 Å². The second-order valence-corrected chi connectivity index (χ2v) is 4.60. The Morgan fingerprint density at radius 3 is 2.25 bits per heavy atom. The smallest absolute Gasteiger partial charge is 0.229 e. The molecule has 0 spiro atoms. The molecule has 0 fully saturated rings. The minimum atomic E-state index is 0.183. The Balaban J connectivity index is 2.10. The molecule has 106 valence electrons.